The van der Waals surface area contributed by atoms with E-state index in [-0.39, 0.29) is 6.10 Å². The molecule has 0 aromatic carbocycles. The SMILES string of the molecule is Cc1cn2cc(-c3cc4sc(O[C@@H]5C[C@H]6CC[C@@H](C5)N6)nc4cn3)cc(C#N)c2n1. The summed E-state index contributed by atoms with van der Waals surface area (Å²) < 4.78 is 9.17. The fraction of sp³-hybridized carbons (Fsp3) is 0.364. The zero-order valence-corrected chi connectivity index (χ0v) is 17.3. The molecule has 2 aliphatic rings. The summed E-state index contributed by atoms with van der Waals surface area (Å²) >= 11 is 1.56. The monoisotopic (exact) mass is 416 g/mol. The van der Waals surface area contributed by atoms with Crippen LogP contribution in [0, 0.1) is 18.3 Å². The molecule has 150 valence electrons. The first-order valence-electron chi connectivity index (χ1n) is 10.2. The van der Waals surface area contributed by atoms with Crippen LogP contribution in [0.25, 0.3) is 27.1 Å². The zero-order valence-electron chi connectivity index (χ0n) is 16.5. The third kappa shape index (κ3) is 3.02. The highest BCUT2D eigenvalue weighted by Crippen LogP contribution is 2.34. The summed E-state index contributed by atoms with van der Waals surface area (Å²) in [4.78, 5) is 13.7. The third-order valence-electron chi connectivity index (χ3n) is 6.04. The molecule has 6 rings (SSSR count). The molecule has 0 saturated carbocycles. The van der Waals surface area contributed by atoms with E-state index in [1.54, 1.807) is 17.5 Å². The molecule has 0 unspecified atom stereocenters. The van der Waals surface area contributed by atoms with Gasteiger partial charge in [-0.1, -0.05) is 11.3 Å². The number of nitriles is 1. The summed E-state index contributed by atoms with van der Waals surface area (Å²) in [6.45, 7) is 1.92. The van der Waals surface area contributed by atoms with E-state index in [2.05, 4.69) is 26.3 Å². The maximum Gasteiger partial charge on any atom is 0.274 e. The number of pyridine rings is 2. The lowest BCUT2D eigenvalue weighted by atomic mass is 10.0. The molecular weight excluding hydrogens is 396 g/mol. The molecule has 3 atom stereocenters. The lowest BCUT2D eigenvalue weighted by molar-refractivity contribution is 0.137. The molecule has 1 N–H and O–H groups in total. The van der Waals surface area contributed by atoms with Crippen molar-refractivity contribution in [2.24, 2.45) is 0 Å². The lowest BCUT2D eigenvalue weighted by Gasteiger charge is -2.28. The maximum atomic E-state index is 9.54. The Labute approximate surface area is 177 Å². The minimum absolute atomic E-state index is 0.238. The Balaban J connectivity index is 1.32. The highest BCUT2D eigenvalue weighted by atomic mass is 32.1. The highest BCUT2D eigenvalue weighted by molar-refractivity contribution is 7.20. The second-order valence-electron chi connectivity index (χ2n) is 8.23. The number of nitrogens with one attached hydrogen (secondary N) is 1. The van der Waals surface area contributed by atoms with Crippen molar-refractivity contribution in [3.8, 4) is 22.5 Å². The van der Waals surface area contributed by atoms with Crippen molar-refractivity contribution in [1.82, 2.24) is 24.7 Å². The Morgan fingerprint density at radius 2 is 2.03 bits per heavy atom. The van der Waals surface area contributed by atoms with Crippen molar-refractivity contribution in [2.75, 3.05) is 0 Å². The fourth-order valence-electron chi connectivity index (χ4n) is 4.71. The van der Waals surface area contributed by atoms with Gasteiger partial charge in [-0.2, -0.15) is 5.26 Å². The molecular formula is C22H20N6OS. The van der Waals surface area contributed by atoms with Crippen molar-refractivity contribution in [3.63, 3.8) is 0 Å². The minimum Gasteiger partial charge on any atom is -0.467 e. The van der Waals surface area contributed by atoms with Crippen LogP contribution in [0.15, 0.2) is 30.7 Å². The molecule has 2 saturated heterocycles. The molecule has 2 aliphatic heterocycles. The second kappa shape index (κ2) is 6.76. The van der Waals surface area contributed by atoms with Gasteiger partial charge in [-0.05, 0) is 44.7 Å². The Bertz CT molecular complexity index is 1310. The summed E-state index contributed by atoms with van der Waals surface area (Å²) in [7, 11) is 0. The number of aromatic nitrogens is 4. The van der Waals surface area contributed by atoms with Gasteiger partial charge in [-0.25, -0.2) is 9.97 Å². The summed E-state index contributed by atoms with van der Waals surface area (Å²) in [5.74, 6) is 0. The van der Waals surface area contributed by atoms with Gasteiger partial charge >= 0.3 is 0 Å². The van der Waals surface area contributed by atoms with Crippen LogP contribution >= 0.6 is 11.3 Å². The van der Waals surface area contributed by atoms with Crippen LogP contribution in [0.3, 0.4) is 0 Å². The number of hydrogen-bond acceptors (Lipinski definition) is 7. The Hall–Kier alpha value is -3.02. The number of piperidine rings is 1. The first-order chi connectivity index (χ1) is 14.6. The van der Waals surface area contributed by atoms with Gasteiger partial charge in [0.25, 0.3) is 5.19 Å². The number of thiazole rings is 1. The van der Waals surface area contributed by atoms with Gasteiger partial charge in [0.15, 0.2) is 5.65 Å². The Morgan fingerprint density at radius 3 is 2.83 bits per heavy atom. The number of aryl methyl sites for hydroxylation is 1. The number of hydrogen-bond donors (Lipinski definition) is 1. The lowest BCUT2D eigenvalue weighted by Crippen LogP contribution is -2.42. The van der Waals surface area contributed by atoms with E-state index in [4.69, 9.17) is 4.74 Å². The van der Waals surface area contributed by atoms with E-state index in [0.717, 1.165) is 40.0 Å². The molecule has 4 aromatic heterocycles. The average molecular weight is 417 g/mol. The molecule has 8 heteroatoms. The molecule has 2 fully saturated rings. The van der Waals surface area contributed by atoms with Gasteiger partial charge in [0.1, 0.15) is 17.7 Å². The van der Waals surface area contributed by atoms with Crippen LogP contribution in [-0.2, 0) is 0 Å². The predicted octanol–water partition coefficient (Wildman–Crippen LogP) is 3.85. The maximum absolute atomic E-state index is 9.54. The van der Waals surface area contributed by atoms with E-state index in [1.165, 1.54) is 12.8 Å². The molecule has 7 nitrogen and oxygen atoms in total. The number of fused-ring (bicyclic) bond motifs is 4. The first kappa shape index (κ1) is 17.8. The number of rotatable bonds is 3. The van der Waals surface area contributed by atoms with Crippen molar-refractivity contribution in [1.29, 1.82) is 5.26 Å². The summed E-state index contributed by atoms with van der Waals surface area (Å²) in [5, 5.41) is 13.9. The summed E-state index contributed by atoms with van der Waals surface area (Å²) in [5.41, 5.74) is 4.62. The van der Waals surface area contributed by atoms with Gasteiger partial charge in [0.2, 0.25) is 0 Å². The van der Waals surface area contributed by atoms with Gasteiger partial charge in [-0.3, -0.25) is 4.98 Å². The smallest absolute Gasteiger partial charge is 0.274 e. The van der Waals surface area contributed by atoms with Crippen molar-refractivity contribution in [3.05, 3.63) is 42.0 Å². The molecule has 2 bridgehead atoms. The molecule has 0 aliphatic carbocycles. The van der Waals surface area contributed by atoms with E-state index in [1.807, 2.05) is 35.9 Å². The van der Waals surface area contributed by atoms with E-state index < -0.39 is 0 Å². The topological polar surface area (TPSA) is 88.1 Å². The van der Waals surface area contributed by atoms with Crippen molar-refractivity contribution >= 4 is 27.2 Å². The van der Waals surface area contributed by atoms with Crippen LogP contribution < -0.4 is 10.1 Å². The summed E-state index contributed by atoms with van der Waals surface area (Å²) in [6, 6.07) is 7.30. The van der Waals surface area contributed by atoms with Crippen LogP contribution in [-0.4, -0.2) is 37.5 Å². The normalized spacial score (nSPS) is 23.1. The van der Waals surface area contributed by atoms with Crippen LogP contribution in [0.5, 0.6) is 5.19 Å². The molecule has 4 aromatic rings. The average Bonchev–Trinajstić information content (AvgIpc) is 3.41. The second-order valence-corrected chi connectivity index (χ2v) is 9.23. The Kier molecular flexibility index (Phi) is 4.01. The summed E-state index contributed by atoms with van der Waals surface area (Å²) in [6.07, 6.45) is 10.5. The van der Waals surface area contributed by atoms with Gasteiger partial charge in [0, 0.05) is 30.0 Å². The quantitative estimate of drug-likeness (QED) is 0.546. The fourth-order valence-corrected chi connectivity index (χ4v) is 5.60. The molecule has 0 amide bonds. The molecule has 6 heterocycles. The number of imidazole rings is 1. The van der Waals surface area contributed by atoms with Crippen molar-refractivity contribution < 1.29 is 4.74 Å². The van der Waals surface area contributed by atoms with Gasteiger partial charge in [0.05, 0.1) is 27.8 Å². The minimum atomic E-state index is 0.238. The molecule has 0 radical (unpaired) electrons. The third-order valence-corrected chi connectivity index (χ3v) is 6.95. The van der Waals surface area contributed by atoms with Gasteiger partial charge in [-0.15, -0.1) is 0 Å². The van der Waals surface area contributed by atoms with Crippen LogP contribution in [0.1, 0.15) is 36.9 Å². The zero-order chi connectivity index (χ0) is 20.2. The van der Waals surface area contributed by atoms with Gasteiger partial charge < -0.3 is 14.5 Å². The molecule has 0 spiro atoms. The van der Waals surface area contributed by atoms with E-state index in [9.17, 15) is 5.26 Å². The molecule has 30 heavy (non-hydrogen) atoms. The largest absolute Gasteiger partial charge is 0.467 e. The van der Waals surface area contributed by atoms with E-state index in [0.29, 0.717) is 28.5 Å². The standard InChI is InChI=1S/C22H20N6OS/c1-12-10-28-11-14(4-13(8-23)21(28)25-12)18-7-20-19(9-24-18)27-22(30-20)29-17-5-15-2-3-16(6-17)26-15/h4,7,9-11,15-17,26H,2-3,5-6H2,1H3/t15-,16+,17-. The first-order valence-corrected chi connectivity index (χ1v) is 11.1. The number of nitrogens with zero attached hydrogens (tertiary/aromatic N) is 5. The number of ether oxygens (including phenoxy) is 1. The predicted molar refractivity (Wildman–Crippen MR) is 115 cm³/mol. The van der Waals surface area contributed by atoms with E-state index >= 15 is 0 Å². The Morgan fingerprint density at radius 1 is 1.20 bits per heavy atom. The van der Waals surface area contributed by atoms with Crippen LogP contribution in [0.2, 0.25) is 0 Å². The highest BCUT2D eigenvalue weighted by Gasteiger charge is 2.34. The van der Waals surface area contributed by atoms with Crippen molar-refractivity contribution in [2.45, 2.75) is 50.8 Å². The van der Waals surface area contributed by atoms with Crippen LogP contribution in [0.4, 0.5) is 0 Å².